The van der Waals surface area contributed by atoms with E-state index in [0.29, 0.717) is 0 Å². The molecule has 18 heavy (non-hydrogen) atoms. The highest BCUT2D eigenvalue weighted by atomic mass is 28.4. The van der Waals surface area contributed by atoms with Crippen LogP contribution in [0.3, 0.4) is 0 Å². The molecule has 1 aliphatic carbocycles. The van der Waals surface area contributed by atoms with E-state index in [9.17, 15) is 0 Å². The van der Waals surface area contributed by atoms with E-state index < -0.39 is 8.80 Å². The van der Waals surface area contributed by atoms with Gasteiger partial charge >= 0.3 is 8.80 Å². The van der Waals surface area contributed by atoms with Gasteiger partial charge in [0, 0.05) is 27.4 Å². The molecule has 0 unspecified atom stereocenters. The second kappa shape index (κ2) is 8.64. The molecule has 0 aliphatic heterocycles. The first kappa shape index (κ1) is 15.6. The zero-order valence-corrected chi connectivity index (χ0v) is 12.9. The quantitative estimate of drug-likeness (QED) is 0.447. The number of unbranched alkanes of at least 4 members (excludes halogenated alkanes) is 3. The summed E-state index contributed by atoms with van der Waals surface area (Å²) in [6.45, 7) is 0. The van der Waals surface area contributed by atoms with Crippen LogP contribution in [0.15, 0.2) is 23.8 Å². The largest absolute Gasteiger partial charge is 0.500 e. The Morgan fingerprint density at radius 2 is 1.67 bits per heavy atom. The van der Waals surface area contributed by atoms with E-state index in [1.54, 1.807) is 21.3 Å². The Morgan fingerprint density at radius 3 is 2.22 bits per heavy atom. The third-order valence-electron chi connectivity index (χ3n) is 3.48. The second-order valence-electron chi connectivity index (χ2n) is 4.63. The van der Waals surface area contributed by atoms with Crippen molar-refractivity contribution < 1.29 is 13.3 Å². The van der Waals surface area contributed by atoms with Gasteiger partial charge in [-0.15, -0.1) is 0 Å². The molecule has 0 heterocycles. The minimum Gasteiger partial charge on any atom is -0.377 e. The summed E-state index contributed by atoms with van der Waals surface area (Å²) in [5, 5.41) is 0. The van der Waals surface area contributed by atoms with E-state index in [2.05, 4.69) is 18.2 Å². The van der Waals surface area contributed by atoms with Gasteiger partial charge in [0.15, 0.2) is 0 Å². The average molecular weight is 270 g/mol. The molecule has 0 spiro atoms. The van der Waals surface area contributed by atoms with Crippen LogP contribution in [-0.2, 0) is 13.3 Å². The van der Waals surface area contributed by atoms with E-state index in [1.165, 1.54) is 31.3 Å². The second-order valence-corrected chi connectivity index (χ2v) is 7.72. The Morgan fingerprint density at radius 1 is 1.00 bits per heavy atom. The van der Waals surface area contributed by atoms with Gasteiger partial charge in [0.1, 0.15) is 0 Å². The van der Waals surface area contributed by atoms with Crippen LogP contribution in [-0.4, -0.2) is 30.1 Å². The van der Waals surface area contributed by atoms with Crippen LogP contribution in [0.25, 0.3) is 0 Å². The van der Waals surface area contributed by atoms with Gasteiger partial charge in [-0.2, -0.15) is 0 Å². The molecule has 104 valence electrons. The SMILES string of the molecule is CO[Si](CCCCCCC1=CCC=C1)(OC)OC. The van der Waals surface area contributed by atoms with E-state index in [-0.39, 0.29) is 0 Å². The van der Waals surface area contributed by atoms with Crippen molar-refractivity contribution in [2.75, 3.05) is 21.3 Å². The fourth-order valence-electron chi connectivity index (χ4n) is 2.27. The molecule has 1 aliphatic rings. The molecule has 0 aromatic heterocycles. The van der Waals surface area contributed by atoms with E-state index in [4.69, 9.17) is 13.3 Å². The third-order valence-corrected chi connectivity index (χ3v) is 6.31. The molecule has 0 atom stereocenters. The van der Waals surface area contributed by atoms with Crippen molar-refractivity contribution in [1.29, 1.82) is 0 Å². The van der Waals surface area contributed by atoms with E-state index in [0.717, 1.165) is 18.9 Å². The lowest BCUT2D eigenvalue weighted by atomic mass is 10.1. The molecule has 0 fully saturated rings. The minimum atomic E-state index is -2.33. The molecular weight excluding hydrogens is 244 g/mol. The van der Waals surface area contributed by atoms with Crippen LogP contribution in [0.2, 0.25) is 6.04 Å². The summed E-state index contributed by atoms with van der Waals surface area (Å²) in [6.07, 6.45) is 14.0. The maximum Gasteiger partial charge on any atom is 0.500 e. The summed E-state index contributed by atoms with van der Waals surface area (Å²) in [5.74, 6) is 0. The van der Waals surface area contributed by atoms with Gasteiger partial charge in [0.05, 0.1) is 0 Å². The zero-order chi connectivity index (χ0) is 13.3. The van der Waals surface area contributed by atoms with Crippen LogP contribution < -0.4 is 0 Å². The van der Waals surface area contributed by atoms with E-state index >= 15 is 0 Å². The van der Waals surface area contributed by atoms with Gasteiger partial charge in [-0.3, -0.25) is 0 Å². The Balaban J connectivity index is 2.05. The summed E-state index contributed by atoms with van der Waals surface area (Å²) in [4.78, 5) is 0. The smallest absolute Gasteiger partial charge is 0.377 e. The summed E-state index contributed by atoms with van der Waals surface area (Å²) in [5.41, 5.74) is 1.50. The zero-order valence-electron chi connectivity index (χ0n) is 11.9. The molecule has 0 radical (unpaired) electrons. The average Bonchev–Trinajstić information content (AvgIpc) is 2.92. The van der Waals surface area contributed by atoms with Crippen molar-refractivity contribution in [3.8, 4) is 0 Å². The maximum atomic E-state index is 5.40. The highest BCUT2D eigenvalue weighted by Gasteiger charge is 2.36. The molecule has 0 bridgehead atoms. The molecule has 0 saturated heterocycles. The number of hydrogen-bond donors (Lipinski definition) is 0. The Hall–Kier alpha value is -0.423. The first-order valence-electron chi connectivity index (χ1n) is 6.77. The Labute approximate surface area is 112 Å². The van der Waals surface area contributed by atoms with Gasteiger partial charge in [-0.1, -0.05) is 36.6 Å². The molecule has 0 aromatic carbocycles. The van der Waals surface area contributed by atoms with Crippen molar-refractivity contribution in [1.82, 2.24) is 0 Å². The standard InChI is InChI=1S/C14H26O3Si/c1-15-18(16-2,17-3)13-9-5-4-6-10-14-11-7-8-12-14/h7,11-12H,4-6,8-10,13H2,1-3H3. The van der Waals surface area contributed by atoms with Gasteiger partial charge in [0.2, 0.25) is 0 Å². The first-order chi connectivity index (χ1) is 8.76. The van der Waals surface area contributed by atoms with Gasteiger partial charge in [-0.25, -0.2) is 0 Å². The predicted octanol–water partition coefficient (Wildman–Crippen LogP) is 3.70. The summed E-state index contributed by atoms with van der Waals surface area (Å²) >= 11 is 0. The fraction of sp³-hybridized carbons (Fsp3) is 0.714. The van der Waals surface area contributed by atoms with Crippen LogP contribution in [0.5, 0.6) is 0 Å². The minimum absolute atomic E-state index is 0.916. The lowest BCUT2D eigenvalue weighted by Gasteiger charge is -2.24. The van der Waals surface area contributed by atoms with Gasteiger partial charge in [0.25, 0.3) is 0 Å². The van der Waals surface area contributed by atoms with Crippen molar-refractivity contribution in [2.45, 2.75) is 44.6 Å². The van der Waals surface area contributed by atoms with E-state index in [1.807, 2.05) is 0 Å². The number of hydrogen-bond acceptors (Lipinski definition) is 3. The Kier molecular flexibility index (Phi) is 7.50. The Bertz CT molecular complexity index is 274. The molecule has 0 amide bonds. The topological polar surface area (TPSA) is 27.7 Å². The summed E-state index contributed by atoms with van der Waals surface area (Å²) in [6, 6.07) is 0.916. The van der Waals surface area contributed by atoms with Crippen LogP contribution in [0, 0.1) is 0 Å². The van der Waals surface area contributed by atoms with Crippen molar-refractivity contribution in [2.24, 2.45) is 0 Å². The van der Waals surface area contributed by atoms with Gasteiger partial charge < -0.3 is 13.3 Å². The first-order valence-corrected chi connectivity index (χ1v) is 8.70. The molecule has 1 rings (SSSR count). The highest BCUT2D eigenvalue weighted by molar-refractivity contribution is 6.60. The summed E-state index contributed by atoms with van der Waals surface area (Å²) in [7, 11) is 2.71. The van der Waals surface area contributed by atoms with Crippen molar-refractivity contribution in [3.63, 3.8) is 0 Å². The normalized spacial score (nSPS) is 15.2. The molecule has 4 heteroatoms. The predicted molar refractivity (Wildman–Crippen MR) is 76.5 cm³/mol. The maximum absolute atomic E-state index is 5.40. The monoisotopic (exact) mass is 270 g/mol. The number of rotatable bonds is 10. The van der Waals surface area contributed by atoms with Crippen LogP contribution >= 0.6 is 0 Å². The number of allylic oxidation sites excluding steroid dienone is 4. The molecular formula is C14H26O3Si. The lowest BCUT2D eigenvalue weighted by molar-refractivity contribution is 0.122. The highest BCUT2D eigenvalue weighted by Crippen LogP contribution is 2.20. The third kappa shape index (κ3) is 5.06. The molecule has 0 aromatic rings. The van der Waals surface area contributed by atoms with Crippen molar-refractivity contribution in [3.05, 3.63) is 23.8 Å². The molecule has 3 nitrogen and oxygen atoms in total. The fourth-order valence-corrected chi connectivity index (χ4v) is 4.07. The van der Waals surface area contributed by atoms with Crippen molar-refractivity contribution >= 4 is 8.80 Å². The van der Waals surface area contributed by atoms with Gasteiger partial charge in [-0.05, 0) is 25.7 Å². The van der Waals surface area contributed by atoms with Crippen LogP contribution in [0.1, 0.15) is 38.5 Å². The van der Waals surface area contributed by atoms with Crippen LogP contribution in [0.4, 0.5) is 0 Å². The summed E-state index contributed by atoms with van der Waals surface area (Å²) < 4.78 is 16.2. The molecule has 0 N–H and O–H groups in total. The molecule has 0 saturated carbocycles. The lowest BCUT2D eigenvalue weighted by Crippen LogP contribution is -2.42.